The molecule has 10 nitrogen and oxygen atoms in total. The summed E-state index contributed by atoms with van der Waals surface area (Å²) in [5.41, 5.74) is 4.97. The maximum Gasteiger partial charge on any atom is 0.242 e. The molecule has 2 fully saturated rings. The van der Waals surface area contributed by atoms with Gasteiger partial charge in [0.15, 0.2) is 10.3 Å². The molecule has 2 saturated heterocycles. The van der Waals surface area contributed by atoms with E-state index in [9.17, 15) is 19.2 Å². The molecule has 2 aliphatic rings. The van der Waals surface area contributed by atoms with E-state index in [1.165, 1.54) is 23.5 Å². The fourth-order valence-electron chi connectivity index (χ4n) is 5.66. The first kappa shape index (κ1) is 36.6. The summed E-state index contributed by atoms with van der Waals surface area (Å²) in [5.74, 6) is -0.823. The van der Waals surface area contributed by atoms with E-state index in [1.54, 1.807) is 9.80 Å². The molecule has 0 bridgehead atoms. The molecule has 0 radical (unpaired) electrons. The molecule has 6 rings (SSSR count). The third-order valence-electron chi connectivity index (χ3n) is 8.43. The maximum atomic E-state index is 13.7. The van der Waals surface area contributed by atoms with Crippen LogP contribution in [0.1, 0.15) is 36.8 Å². The van der Waals surface area contributed by atoms with Crippen molar-refractivity contribution in [1.29, 1.82) is 0 Å². The SMILES string of the molecule is Cc1ccc(NC(=O)C[C@H]2SC(=Nc3ccccc3)N(CCCCN3C(=O)[C@@H](CC(=O)Nc4ccc(C)cc4)SC3=Nc3ccccc3)C2=O)cc1. The number of amides is 4. The number of anilines is 2. The van der Waals surface area contributed by atoms with Crippen LogP contribution >= 0.6 is 23.5 Å². The highest BCUT2D eigenvalue weighted by molar-refractivity contribution is 8.15. The molecule has 12 heteroatoms. The van der Waals surface area contributed by atoms with E-state index in [0.29, 0.717) is 59.0 Å². The van der Waals surface area contributed by atoms with Gasteiger partial charge in [0.1, 0.15) is 10.5 Å². The highest BCUT2D eigenvalue weighted by atomic mass is 32.2. The van der Waals surface area contributed by atoms with Gasteiger partial charge < -0.3 is 10.6 Å². The second kappa shape index (κ2) is 17.3. The van der Waals surface area contributed by atoms with Crippen LogP contribution in [0.4, 0.5) is 22.7 Å². The first-order chi connectivity index (χ1) is 25.2. The van der Waals surface area contributed by atoms with Gasteiger partial charge in [-0.2, -0.15) is 0 Å². The van der Waals surface area contributed by atoms with E-state index < -0.39 is 10.5 Å². The Morgan fingerprint density at radius 2 is 0.942 bits per heavy atom. The highest BCUT2D eigenvalue weighted by Crippen LogP contribution is 2.34. The minimum absolute atomic E-state index is 0.0133. The van der Waals surface area contributed by atoms with Crippen LogP contribution in [-0.4, -0.2) is 67.4 Å². The molecule has 2 aliphatic heterocycles. The summed E-state index contributed by atoms with van der Waals surface area (Å²) < 4.78 is 0. The number of para-hydroxylation sites is 2. The Kier molecular flexibility index (Phi) is 12.2. The number of rotatable bonds is 13. The Hall–Kier alpha value is -5.20. The van der Waals surface area contributed by atoms with Gasteiger partial charge in [-0.1, -0.05) is 95.3 Å². The van der Waals surface area contributed by atoms with E-state index in [1.807, 2.05) is 123 Å². The molecule has 0 unspecified atom stereocenters. The second-order valence-electron chi connectivity index (χ2n) is 12.6. The number of benzene rings is 4. The van der Waals surface area contributed by atoms with Crippen molar-refractivity contribution in [1.82, 2.24) is 9.80 Å². The van der Waals surface area contributed by atoms with Crippen LogP contribution in [0.15, 0.2) is 119 Å². The molecule has 266 valence electrons. The summed E-state index contributed by atoms with van der Waals surface area (Å²) in [4.78, 5) is 66.2. The lowest BCUT2D eigenvalue weighted by Crippen LogP contribution is -2.36. The Balaban J connectivity index is 1.10. The average Bonchev–Trinajstić information content (AvgIpc) is 3.58. The molecule has 2 N–H and O–H groups in total. The zero-order valence-corrected chi connectivity index (χ0v) is 30.7. The van der Waals surface area contributed by atoms with Crippen molar-refractivity contribution in [2.75, 3.05) is 23.7 Å². The van der Waals surface area contributed by atoms with E-state index in [2.05, 4.69) is 10.6 Å². The molecule has 4 amide bonds. The van der Waals surface area contributed by atoms with Gasteiger partial charge in [0.05, 0.1) is 11.4 Å². The van der Waals surface area contributed by atoms with Gasteiger partial charge >= 0.3 is 0 Å². The van der Waals surface area contributed by atoms with Crippen molar-refractivity contribution in [2.24, 2.45) is 9.98 Å². The summed E-state index contributed by atoms with van der Waals surface area (Å²) in [6.45, 7) is 4.70. The van der Waals surface area contributed by atoms with Crippen LogP contribution in [0.2, 0.25) is 0 Å². The summed E-state index contributed by atoms with van der Waals surface area (Å²) >= 11 is 2.59. The van der Waals surface area contributed by atoms with Crippen LogP contribution in [0.5, 0.6) is 0 Å². The topological polar surface area (TPSA) is 124 Å². The summed E-state index contributed by atoms with van der Waals surface area (Å²) in [7, 11) is 0. The van der Waals surface area contributed by atoms with Gasteiger partial charge in [0, 0.05) is 37.3 Å². The van der Waals surface area contributed by atoms with Gasteiger partial charge in [-0.3, -0.25) is 29.0 Å². The third kappa shape index (κ3) is 9.77. The number of thioether (sulfide) groups is 2. The summed E-state index contributed by atoms with van der Waals surface area (Å²) in [5, 5.41) is 5.66. The molecule has 4 aromatic carbocycles. The highest BCUT2D eigenvalue weighted by Gasteiger charge is 2.40. The predicted molar refractivity (Wildman–Crippen MR) is 211 cm³/mol. The first-order valence-corrected chi connectivity index (χ1v) is 18.9. The largest absolute Gasteiger partial charge is 0.326 e. The van der Waals surface area contributed by atoms with Crippen molar-refractivity contribution in [3.05, 3.63) is 120 Å². The van der Waals surface area contributed by atoms with Crippen LogP contribution in [0.25, 0.3) is 0 Å². The van der Waals surface area contributed by atoms with Crippen molar-refractivity contribution in [3.63, 3.8) is 0 Å². The molecule has 0 aromatic heterocycles. The number of carbonyl (C=O) groups is 4. The van der Waals surface area contributed by atoms with Gasteiger partial charge in [-0.25, -0.2) is 9.98 Å². The van der Waals surface area contributed by atoms with Gasteiger partial charge in [0.25, 0.3) is 0 Å². The summed E-state index contributed by atoms with van der Waals surface area (Å²) in [6.07, 6.45) is 1.18. The fourth-order valence-corrected chi connectivity index (χ4v) is 8.03. The molecule has 2 heterocycles. The number of hydrogen-bond donors (Lipinski definition) is 2. The lowest BCUT2D eigenvalue weighted by atomic mass is 10.2. The number of aryl methyl sites for hydroxylation is 2. The van der Waals surface area contributed by atoms with Crippen molar-refractivity contribution in [2.45, 2.75) is 50.0 Å². The van der Waals surface area contributed by atoms with E-state index in [4.69, 9.17) is 9.98 Å². The Bertz CT molecular complexity index is 1810. The molecule has 0 aliphatic carbocycles. The normalized spacial score (nSPS) is 18.7. The Morgan fingerprint density at radius 1 is 0.577 bits per heavy atom. The molecule has 0 spiro atoms. The van der Waals surface area contributed by atoms with Crippen LogP contribution in [0.3, 0.4) is 0 Å². The predicted octanol–water partition coefficient (Wildman–Crippen LogP) is 7.70. The molecule has 0 saturated carbocycles. The van der Waals surface area contributed by atoms with Crippen molar-refractivity contribution >= 4 is 80.2 Å². The monoisotopic (exact) mass is 732 g/mol. The second-order valence-corrected chi connectivity index (χ2v) is 14.9. The lowest BCUT2D eigenvalue weighted by molar-refractivity contribution is -0.128. The van der Waals surface area contributed by atoms with Gasteiger partial charge in [-0.15, -0.1) is 0 Å². The first-order valence-electron chi connectivity index (χ1n) is 17.2. The third-order valence-corrected chi connectivity index (χ3v) is 10.8. The smallest absolute Gasteiger partial charge is 0.242 e. The quantitative estimate of drug-likeness (QED) is 0.136. The molecule has 52 heavy (non-hydrogen) atoms. The zero-order chi connectivity index (χ0) is 36.5. The van der Waals surface area contributed by atoms with Crippen LogP contribution in [-0.2, 0) is 19.2 Å². The summed E-state index contributed by atoms with van der Waals surface area (Å²) in [6, 6.07) is 33.9. The van der Waals surface area contributed by atoms with Gasteiger partial charge in [0.2, 0.25) is 23.6 Å². The Labute approximate surface area is 312 Å². The standard InChI is InChI=1S/C40H40N6O4S2/c1-27-15-19-31(20-16-27)41-35(47)25-33-37(49)45(39(51-33)43-29-11-5-3-6-12-29)23-9-10-24-46-38(50)34(52-40(46)44-30-13-7-4-8-14-30)26-36(48)42-32-21-17-28(2)18-22-32/h3-8,11-22,33-34H,9-10,23-26H2,1-2H3,(H,41,47)(H,42,48)/t33-,34-/m1/s1. The fraction of sp³-hybridized carbons (Fsp3) is 0.250. The molecule has 2 atom stereocenters. The van der Waals surface area contributed by atoms with E-state index in [0.717, 1.165) is 11.1 Å². The van der Waals surface area contributed by atoms with Gasteiger partial charge in [-0.05, 0) is 75.2 Å². The lowest BCUT2D eigenvalue weighted by Gasteiger charge is -2.19. The zero-order valence-electron chi connectivity index (χ0n) is 29.0. The molecular weight excluding hydrogens is 693 g/mol. The van der Waals surface area contributed by atoms with E-state index >= 15 is 0 Å². The van der Waals surface area contributed by atoms with Crippen molar-refractivity contribution < 1.29 is 19.2 Å². The number of carbonyl (C=O) groups excluding carboxylic acids is 4. The van der Waals surface area contributed by atoms with Crippen LogP contribution in [0, 0.1) is 13.8 Å². The van der Waals surface area contributed by atoms with E-state index in [-0.39, 0.29) is 36.5 Å². The number of nitrogens with one attached hydrogen (secondary N) is 2. The molecule has 4 aromatic rings. The van der Waals surface area contributed by atoms with Crippen LogP contribution < -0.4 is 10.6 Å². The number of hydrogen-bond acceptors (Lipinski definition) is 8. The van der Waals surface area contributed by atoms with Crippen molar-refractivity contribution in [3.8, 4) is 0 Å². The average molecular weight is 733 g/mol. The minimum Gasteiger partial charge on any atom is -0.326 e. The minimum atomic E-state index is -0.610. The Morgan fingerprint density at radius 3 is 1.31 bits per heavy atom. The number of unbranched alkanes of at least 4 members (excludes halogenated alkanes) is 1. The maximum absolute atomic E-state index is 13.7. The number of amidine groups is 2. The number of aliphatic imine (C=N–C) groups is 2. The number of nitrogens with zero attached hydrogens (tertiary/aromatic N) is 4. The molecular formula is C40H40N6O4S2.